The number of nitrogens with one attached hydrogen (secondary N) is 1. The van der Waals surface area contributed by atoms with Crippen LogP contribution in [0, 0.1) is 5.82 Å². The molecule has 3 aromatic rings. The molecule has 0 spiro atoms. The van der Waals surface area contributed by atoms with Gasteiger partial charge in [-0.15, -0.1) is 0 Å². The summed E-state index contributed by atoms with van der Waals surface area (Å²) in [6.45, 7) is 2.63. The molecule has 0 saturated heterocycles. The lowest BCUT2D eigenvalue weighted by Gasteiger charge is -2.17. The largest absolute Gasteiger partial charge is 0.481 e. The average Bonchev–Trinajstić information content (AvgIpc) is 3.13. The smallest absolute Gasteiger partial charge is 0.265 e. The fourth-order valence-corrected chi connectivity index (χ4v) is 3.41. The molecule has 5 nitrogen and oxygen atoms in total. The van der Waals surface area contributed by atoms with Crippen LogP contribution in [0.1, 0.15) is 25.5 Å². The molecule has 0 saturated carbocycles. The predicted octanol–water partition coefficient (Wildman–Crippen LogP) is 4.43. The van der Waals surface area contributed by atoms with Gasteiger partial charge in [0.05, 0.1) is 0 Å². The monoisotopic (exact) mass is 379 g/mol. The van der Waals surface area contributed by atoms with Crippen molar-refractivity contribution in [3.8, 4) is 17.1 Å². The third-order valence-corrected chi connectivity index (χ3v) is 4.89. The number of fused-ring (bicyclic) bond motifs is 1. The molecule has 4 rings (SSSR count). The summed E-state index contributed by atoms with van der Waals surface area (Å²) >= 11 is 0. The number of aromatic nitrogens is 2. The lowest BCUT2D eigenvalue weighted by molar-refractivity contribution is -0.122. The first-order valence-electron chi connectivity index (χ1n) is 9.48. The maximum Gasteiger partial charge on any atom is 0.265 e. The number of halogens is 1. The molecule has 1 amide bonds. The van der Waals surface area contributed by atoms with Gasteiger partial charge in [0, 0.05) is 35.8 Å². The Bertz CT molecular complexity index is 982. The molecule has 0 aliphatic carbocycles. The Kier molecular flexibility index (Phi) is 5.10. The molecule has 0 radical (unpaired) electrons. The number of benzene rings is 2. The van der Waals surface area contributed by atoms with E-state index in [0.29, 0.717) is 11.4 Å². The van der Waals surface area contributed by atoms with Gasteiger partial charge < -0.3 is 14.6 Å². The van der Waals surface area contributed by atoms with Crippen LogP contribution < -0.4 is 10.1 Å². The molecular formula is C22H22FN3O2. The summed E-state index contributed by atoms with van der Waals surface area (Å²) < 4.78 is 21.0. The Morgan fingerprint density at radius 3 is 2.82 bits per heavy atom. The number of nitrogens with zero attached hydrogens (tertiary/aromatic N) is 2. The quantitative estimate of drug-likeness (QED) is 0.713. The second kappa shape index (κ2) is 7.84. The van der Waals surface area contributed by atoms with Gasteiger partial charge in [-0.1, -0.05) is 6.07 Å². The molecule has 0 fully saturated rings. The zero-order chi connectivity index (χ0) is 19.5. The summed E-state index contributed by atoms with van der Waals surface area (Å²) in [6.07, 6.45) is 4.67. The van der Waals surface area contributed by atoms with Gasteiger partial charge >= 0.3 is 0 Å². The zero-order valence-electron chi connectivity index (χ0n) is 15.7. The third-order valence-electron chi connectivity index (χ3n) is 4.89. The van der Waals surface area contributed by atoms with Gasteiger partial charge in [0.25, 0.3) is 5.91 Å². The van der Waals surface area contributed by atoms with Crippen LogP contribution in [-0.4, -0.2) is 21.6 Å². The predicted molar refractivity (Wildman–Crippen MR) is 106 cm³/mol. The van der Waals surface area contributed by atoms with Gasteiger partial charge in [0.2, 0.25) is 0 Å². The highest BCUT2D eigenvalue weighted by molar-refractivity contribution is 5.94. The zero-order valence-corrected chi connectivity index (χ0v) is 15.7. The van der Waals surface area contributed by atoms with Crippen LogP contribution >= 0.6 is 0 Å². The Hall–Kier alpha value is -3.15. The molecule has 1 aromatic heterocycles. The fraction of sp³-hybridized carbons (Fsp3) is 0.273. The summed E-state index contributed by atoms with van der Waals surface area (Å²) in [5.41, 5.74) is 2.98. The van der Waals surface area contributed by atoms with E-state index in [2.05, 4.69) is 14.9 Å². The number of hydrogen-bond acceptors (Lipinski definition) is 3. The summed E-state index contributed by atoms with van der Waals surface area (Å²) in [4.78, 5) is 16.9. The van der Waals surface area contributed by atoms with E-state index in [1.807, 2.05) is 30.5 Å². The minimum atomic E-state index is -0.749. The Balaban J connectivity index is 1.41. The maximum absolute atomic E-state index is 13.2. The first-order chi connectivity index (χ1) is 13.6. The van der Waals surface area contributed by atoms with E-state index in [1.165, 1.54) is 30.7 Å². The number of carbonyl (C=O) groups is 1. The van der Waals surface area contributed by atoms with Crippen molar-refractivity contribution in [1.82, 2.24) is 9.55 Å². The minimum Gasteiger partial charge on any atom is -0.481 e. The molecule has 1 atom stereocenters. The van der Waals surface area contributed by atoms with Crippen LogP contribution in [0.5, 0.6) is 5.75 Å². The molecule has 1 unspecified atom stereocenters. The number of carbonyl (C=O) groups excluding carboxylic acids is 1. The number of aryl methyl sites for hydroxylation is 1. The maximum atomic E-state index is 13.2. The van der Waals surface area contributed by atoms with Gasteiger partial charge in [-0.05, 0) is 62.6 Å². The summed E-state index contributed by atoms with van der Waals surface area (Å²) in [7, 11) is 0. The molecule has 2 aromatic carbocycles. The normalized spacial score (nSPS) is 14.2. The summed E-state index contributed by atoms with van der Waals surface area (Å²) in [5.74, 6) is 0.592. The second-order valence-corrected chi connectivity index (χ2v) is 6.97. The molecule has 144 valence electrons. The first kappa shape index (κ1) is 18.2. The van der Waals surface area contributed by atoms with Crippen molar-refractivity contribution in [1.29, 1.82) is 0 Å². The number of rotatable bonds is 5. The molecule has 6 heteroatoms. The Labute approximate surface area is 163 Å². The number of ether oxygens (including phenoxy) is 1. The van der Waals surface area contributed by atoms with Crippen LogP contribution in [0.15, 0.2) is 54.7 Å². The molecule has 0 bridgehead atoms. The molecule has 28 heavy (non-hydrogen) atoms. The topological polar surface area (TPSA) is 56.1 Å². The number of amides is 1. The van der Waals surface area contributed by atoms with Crippen LogP contribution in [0.4, 0.5) is 10.1 Å². The molecular weight excluding hydrogens is 357 g/mol. The van der Waals surface area contributed by atoms with Gasteiger partial charge in [0.1, 0.15) is 17.4 Å². The lowest BCUT2D eigenvalue weighted by Crippen LogP contribution is -2.30. The van der Waals surface area contributed by atoms with Gasteiger partial charge in [-0.2, -0.15) is 0 Å². The third kappa shape index (κ3) is 3.91. The SMILES string of the molecule is CC(Oc1cccc(F)c1)C(=O)Nc1ccc(-c2ncc3n2CCCC3)cc1. The number of imidazole rings is 1. The van der Waals surface area contributed by atoms with E-state index < -0.39 is 11.9 Å². The summed E-state index contributed by atoms with van der Waals surface area (Å²) in [5, 5.41) is 2.83. The van der Waals surface area contributed by atoms with Crippen molar-refractivity contribution >= 4 is 11.6 Å². The number of hydrogen-bond donors (Lipinski definition) is 1. The fourth-order valence-electron chi connectivity index (χ4n) is 3.41. The molecule has 1 aliphatic heterocycles. The van der Waals surface area contributed by atoms with Crippen molar-refractivity contribution in [3.63, 3.8) is 0 Å². The van der Waals surface area contributed by atoms with Crippen LogP contribution in [-0.2, 0) is 17.8 Å². The van der Waals surface area contributed by atoms with Crippen molar-refractivity contribution in [3.05, 3.63) is 66.2 Å². The van der Waals surface area contributed by atoms with E-state index in [-0.39, 0.29) is 5.91 Å². The Morgan fingerprint density at radius 2 is 2.04 bits per heavy atom. The van der Waals surface area contributed by atoms with Crippen LogP contribution in [0.3, 0.4) is 0 Å². The second-order valence-electron chi connectivity index (χ2n) is 6.97. The van der Waals surface area contributed by atoms with Crippen molar-refractivity contribution in [2.75, 3.05) is 5.32 Å². The first-order valence-corrected chi connectivity index (χ1v) is 9.48. The van der Waals surface area contributed by atoms with E-state index in [0.717, 1.165) is 24.4 Å². The van der Waals surface area contributed by atoms with Gasteiger partial charge in [-0.3, -0.25) is 4.79 Å². The van der Waals surface area contributed by atoms with E-state index in [4.69, 9.17) is 4.74 Å². The molecule has 1 N–H and O–H groups in total. The number of anilines is 1. The van der Waals surface area contributed by atoms with E-state index in [1.54, 1.807) is 19.1 Å². The van der Waals surface area contributed by atoms with Crippen LogP contribution in [0.25, 0.3) is 11.4 Å². The molecule has 2 heterocycles. The van der Waals surface area contributed by atoms with Gasteiger partial charge in [0.15, 0.2) is 6.10 Å². The highest BCUT2D eigenvalue weighted by atomic mass is 19.1. The highest BCUT2D eigenvalue weighted by Gasteiger charge is 2.17. The highest BCUT2D eigenvalue weighted by Crippen LogP contribution is 2.25. The van der Waals surface area contributed by atoms with Crippen LogP contribution in [0.2, 0.25) is 0 Å². The average molecular weight is 379 g/mol. The Morgan fingerprint density at radius 1 is 1.21 bits per heavy atom. The van der Waals surface area contributed by atoms with Crippen molar-refractivity contribution < 1.29 is 13.9 Å². The standard InChI is InChI=1S/C22H22FN3O2/c1-15(28-20-7-4-5-17(23)13-20)22(27)25-18-10-8-16(9-11-18)21-24-14-19-6-2-3-12-26(19)21/h4-5,7-11,13-15H,2-3,6,12H2,1H3,(H,25,27). The van der Waals surface area contributed by atoms with Gasteiger partial charge in [-0.25, -0.2) is 9.37 Å². The van der Waals surface area contributed by atoms with E-state index >= 15 is 0 Å². The van der Waals surface area contributed by atoms with Crippen molar-refractivity contribution in [2.24, 2.45) is 0 Å². The van der Waals surface area contributed by atoms with Crippen molar-refractivity contribution in [2.45, 2.75) is 38.8 Å². The summed E-state index contributed by atoms with van der Waals surface area (Å²) in [6, 6.07) is 13.4. The van der Waals surface area contributed by atoms with E-state index in [9.17, 15) is 9.18 Å². The minimum absolute atomic E-state index is 0.296. The lowest BCUT2D eigenvalue weighted by atomic mass is 10.1. The molecule has 1 aliphatic rings.